The van der Waals surface area contributed by atoms with E-state index in [9.17, 15) is 9.59 Å². The maximum atomic E-state index is 12.1. The minimum absolute atomic E-state index is 0.329. The van der Waals surface area contributed by atoms with Gasteiger partial charge in [0.25, 0.3) is 5.56 Å². The molecule has 0 amide bonds. The zero-order chi connectivity index (χ0) is 15.7. The van der Waals surface area contributed by atoms with Crippen molar-refractivity contribution in [1.29, 1.82) is 0 Å². The quantitative estimate of drug-likeness (QED) is 0.724. The lowest BCUT2D eigenvalue weighted by Crippen LogP contribution is -2.37. The summed E-state index contributed by atoms with van der Waals surface area (Å²) in [5.41, 5.74) is 1.43. The van der Waals surface area contributed by atoms with Gasteiger partial charge in [-0.3, -0.25) is 13.9 Å². The van der Waals surface area contributed by atoms with E-state index in [0.717, 1.165) is 10.1 Å². The van der Waals surface area contributed by atoms with Gasteiger partial charge in [0.05, 0.1) is 11.1 Å². The minimum atomic E-state index is -0.380. The fourth-order valence-corrected chi connectivity index (χ4v) is 2.31. The summed E-state index contributed by atoms with van der Waals surface area (Å²) in [6.07, 6.45) is 3.80. The second-order valence-electron chi connectivity index (χ2n) is 5.06. The molecule has 0 aliphatic heterocycles. The predicted octanol–water partition coefficient (Wildman–Crippen LogP) is 1.80. The van der Waals surface area contributed by atoms with Crippen LogP contribution in [0.1, 0.15) is 11.3 Å². The van der Waals surface area contributed by atoms with E-state index in [2.05, 4.69) is 4.98 Å². The highest BCUT2D eigenvalue weighted by atomic mass is 16.2. The van der Waals surface area contributed by atoms with Crippen LogP contribution in [0, 0.1) is 0 Å². The number of hydrogen-bond donors (Lipinski definition) is 0. The molecule has 0 aliphatic rings. The highest BCUT2D eigenvalue weighted by Gasteiger charge is 2.09. The fraction of sp³-hybridized carbons (Fsp3) is 0.118. The molecular weight excluding hydrogens is 278 g/mol. The van der Waals surface area contributed by atoms with Gasteiger partial charge in [-0.2, -0.15) is 0 Å². The molecule has 0 unspecified atom stereocenters. The van der Waals surface area contributed by atoms with E-state index in [1.165, 1.54) is 11.6 Å². The van der Waals surface area contributed by atoms with Crippen LogP contribution in [0.15, 0.2) is 52.1 Å². The van der Waals surface area contributed by atoms with Gasteiger partial charge in [0.2, 0.25) is 0 Å². The topological polar surface area (TPSA) is 56.9 Å². The average Bonchev–Trinajstić information content (AvgIpc) is 2.57. The fourth-order valence-electron chi connectivity index (χ4n) is 2.31. The maximum absolute atomic E-state index is 12.1. The van der Waals surface area contributed by atoms with E-state index < -0.39 is 0 Å². The summed E-state index contributed by atoms with van der Waals surface area (Å²) in [5.74, 6) is 0. The van der Waals surface area contributed by atoms with Crippen molar-refractivity contribution in [2.24, 2.45) is 14.1 Å². The average molecular weight is 293 g/mol. The molecule has 0 aliphatic carbocycles. The number of aryl methyl sites for hydroxylation is 1. The third-order valence-electron chi connectivity index (χ3n) is 3.57. The normalized spacial score (nSPS) is 11.4. The first-order valence-electron chi connectivity index (χ1n) is 6.88. The Morgan fingerprint density at radius 1 is 0.909 bits per heavy atom. The van der Waals surface area contributed by atoms with E-state index in [4.69, 9.17) is 0 Å². The zero-order valence-electron chi connectivity index (χ0n) is 12.4. The van der Waals surface area contributed by atoms with Crippen molar-refractivity contribution in [1.82, 2.24) is 14.1 Å². The van der Waals surface area contributed by atoms with Crippen molar-refractivity contribution in [2.75, 3.05) is 0 Å². The van der Waals surface area contributed by atoms with Crippen LogP contribution < -0.4 is 11.2 Å². The van der Waals surface area contributed by atoms with Gasteiger partial charge in [0.15, 0.2) is 0 Å². The summed E-state index contributed by atoms with van der Waals surface area (Å²) in [4.78, 5) is 28.5. The van der Waals surface area contributed by atoms with Gasteiger partial charge in [-0.05, 0) is 23.8 Å². The van der Waals surface area contributed by atoms with Crippen LogP contribution in [-0.4, -0.2) is 14.1 Å². The Balaban J connectivity index is 2.13. The van der Waals surface area contributed by atoms with Crippen molar-refractivity contribution in [2.45, 2.75) is 0 Å². The molecule has 2 heterocycles. The lowest BCUT2D eigenvalue weighted by Gasteiger charge is -2.06. The summed E-state index contributed by atoms with van der Waals surface area (Å²) in [7, 11) is 3.08. The van der Waals surface area contributed by atoms with Crippen molar-refractivity contribution < 1.29 is 0 Å². The van der Waals surface area contributed by atoms with Crippen molar-refractivity contribution in [3.8, 4) is 0 Å². The van der Waals surface area contributed by atoms with Crippen LogP contribution >= 0.6 is 0 Å². The number of aromatic nitrogens is 3. The molecule has 0 saturated heterocycles. The van der Waals surface area contributed by atoms with Gasteiger partial charge in [0, 0.05) is 14.1 Å². The lowest BCUT2D eigenvalue weighted by atomic mass is 10.2. The van der Waals surface area contributed by atoms with Crippen LogP contribution in [-0.2, 0) is 14.1 Å². The molecule has 0 N–H and O–H groups in total. The Bertz CT molecular complexity index is 982. The smallest absolute Gasteiger partial charge is 0.280 e. The van der Waals surface area contributed by atoms with Gasteiger partial charge < -0.3 is 0 Å². The molecule has 5 nitrogen and oxygen atoms in total. The SMILES string of the molecule is Cn1c(=O)c2ccc(C=Cc3ccccc3)nc2n(C)c1=O. The Morgan fingerprint density at radius 2 is 1.64 bits per heavy atom. The van der Waals surface area contributed by atoms with E-state index in [1.54, 1.807) is 19.2 Å². The van der Waals surface area contributed by atoms with Crippen molar-refractivity contribution in [3.63, 3.8) is 0 Å². The van der Waals surface area contributed by atoms with E-state index in [-0.39, 0.29) is 11.2 Å². The molecule has 110 valence electrons. The number of nitrogens with zero attached hydrogens (tertiary/aromatic N) is 3. The molecule has 0 radical (unpaired) electrons. The molecule has 22 heavy (non-hydrogen) atoms. The Labute approximate surface area is 126 Å². The Hall–Kier alpha value is -2.95. The molecular formula is C17H15N3O2. The van der Waals surface area contributed by atoms with Gasteiger partial charge in [-0.1, -0.05) is 36.4 Å². The molecule has 0 saturated carbocycles. The first-order chi connectivity index (χ1) is 10.6. The molecule has 0 fully saturated rings. The predicted molar refractivity (Wildman–Crippen MR) is 87.6 cm³/mol. The number of benzene rings is 1. The number of fused-ring (bicyclic) bond motifs is 1. The van der Waals surface area contributed by atoms with Crippen LogP contribution in [0.5, 0.6) is 0 Å². The minimum Gasteiger partial charge on any atom is -0.280 e. The monoisotopic (exact) mass is 293 g/mol. The van der Waals surface area contributed by atoms with Crippen molar-refractivity contribution >= 4 is 23.2 Å². The number of hydrogen-bond acceptors (Lipinski definition) is 3. The number of rotatable bonds is 2. The third kappa shape index (κ3) is 2.37. The lowest BCUT2D eigenvalue weighted by molar-refractivity contribution is 0.707. The molecule has 1 aromatic carbocycles. The highest BCUT2D eigenvalue weighted by Crippen LogP contribution is 2.10. The second kappa shape index (κ2) is 5.44. The molecule has 3 rings (SSSR count). The van der Waals surface area contributed by atoms with E-state index >= 15 is 0 Å². The van der Waals surface area contributed by atoms with Gasteiger partial charge in [-0.15, -0.1) is 0 Å². The molecule has 0 spiro atoms. The summed E-state index contributed by atoms with van der Waals surface area (Å²) < 4.78 is 2.47. The van der Waals surface area contributed by atoms with Gasteiger partial charge in [0.1, 0.15) is 5.65 Å². The molecule has 0 bridgehead atoms. The van der Waals surface area contributed by atoms with Crippen molar-refractivity contribution in [3.05, 3.63) is 74.6 Å². The standard InChI is InChI=1S/C17H15N3O2/c1-19-15-14(16(21)20(2)17(19)22)11-10-13(18-15)9-8-12-6-4-3-5-7-12/h3-11H,1-2H3. The third-order valence-corrected chi connectivity index (χ3v) is 3.57. The zero-order valence-corrected chi connectivity index (χ0v) is 12.4. The first-order valence-corrected chi connectivity index (χ1v) is 6.88. The van der Waals surface area contributed by atoms with Crippen LogP contribution in [0.2, 0.25) is 0 Å². The molecule has 5 heteroatoms. The van der Waals surface area contributed by atoms with E-state index in [0.29, 0.717) is 16.7 Å². The van der Waals surface area contributed by atoms with E-state index in [1.807, 2.05) is 42.5 Å². The Kier molecular flexibility index (Phi) is 3.47. The molecule has 0 atom stereocenters. The summed E-state index contributed by atoms with van der Waals surface area (Å²) in [6, 6.07) is 13.3. The van der Waals surface area contributed by atoms with Gasteiger partial charge >= 0.3 is 5.69 Å². The van der Waals surface area contributed by atoms with Crippen LogP contribution in [0.3, 0.4) is 0 Å². The van der Waals surface area contributed by atoms with Crippen LogP contribution in [0.25, 0.3) is 23.2 Å². The van der Waals surface area contributed by atoms with Gasteiger partial charge in [-0.25, -0.2) is 9.78 Å². The first kappa shape index (κ1) is 14.0. The maximum Gasteiger partial charge on any atom is 0.332 e. The second-order valence-corrected chi connectivity index (χ2v) is 5.06. The largest absolute Gasteiger partial charge is 0.332 e. The summed E-state index contributed by atoms with van der Waals surface area (Å²) >= 11 is 0. The number of pyridine rings is 1. The Morgan fingerprint density at radius 3 is 2.36 bits per heavy atom. The highest BCUT2D eigenvalue weighted by molar-refractivity contribution is 5.77. The summed E-state index contributed by atoms with van der Waals surface area (Å²) in [6.45, 7) is 0. The van der Waals surface area contributed by atoms with Crippen LogP contribution in [0.4, 0.5) is 0 Å². The molecule has 2 aromatic heterocycles. The molecule has 3 aromatic rings. The summed E-state index contributed by atoms with van der Waals surface area (Å²) in [5, 5.41) is 0.432.